The van der Waals surface area contributed by atoms with Crippen LogP contribution in [0.5, 0.6) is 0 Å². The Balaban J connectivity index is 2.09. The molecule has 4 nitrogen and oxygen atoms in total. The zero-order chi connectivity index (χ0) is 15.9. The molecule has 22 heavy (non-hydrogen) atoms. The minimum Gasteiger partial charge on any atom is -0.352 e. The van der Waals surface area contributed by atoms with E-state index in [-0.39, 0.29) is 23.7 Å². The highest BCUT2D eigenvalue weighted by Crippen LogP contribution is 2.27. The van der Waals surface area contributed by atoms with Gasteiger partial charge in [0.1, 0.15) is 0 Å². The van der Waals surface area contributed by atoms with Crippen molar-refractivity contribution in [1.82, 2.24) is 5.32 Å². The molecule has 1 aliphatic carbocycles. The minimum absolute atomic E-state index is 0.0887. The van der Waals surface area contributed by atoms with Gasteiger partial charge in [-0.2, -0.15) is 0 Å². The van der Waals surface area contributed by atoms with Crippen molar-refractivity contribution in [2.75, 3.05) is 11.9 Å². The molecule has 2 unspecified atom stereocenters. The molecular formula is C18H22N2O2. The van der Waals surface area contributed by atoms with Gasteiger partial charge in [0.2, 0.25) is 11.8 Å². The summed E-state index contributed by atoms with van der Waals surface area (Å²) in [4.78, 5) is 24.8. The first-order valence-corrected chi connectivity index (χ1v) is 7.53. The molecule has 0 spiro atoms. The number of benzene rings is 1. The average Bonchev–Trinajstić information content (AvgIpc) is 2.54. The van der Waals surface area contributed by atoms with Gasteiger partial charge in [0.25, 0.3) is 0 Å². The van der Waals surface area contributed by atoms with Crippen LogP contribution in [0.2, 0.25) is 0 Å². The molecule has 2 N–H and O–H groups in total. The summed E-state index contributed by atoms with van der Waals surface area (Å²) >= 11 is 0. The number of aryl methyl sites for hydroxylation is 1. The number of amides is 2. The number of nitrogens with one attached hydrogen (secondary N) is 2. The SMILES string of the molecule is C=CCNC(=O)C1CC=CCC1C(=O)Nc1ccccc1C. The second-order valence-electron chi connectivity index (χ2n) is 5.49. The molecule has 1 aromatic carbocycles. The number of allylic oxidation sites excluding steroid dienone is 2. The van der Waals surface area contributed by atoms with Crippen molar-refractivity contribution >= 4 is 17.5 Å². The van der Waals surface area contributed by atoms with Crippen LogP contribution in [-0.2, 0) is 9.59 Å². The number of carbonyl (C=O) groups is 2. The van der Waals surface area contributed by atoms with Crippen LogP contribution < -0.4 is 10.6 Å². The van der Waals surface area contributed by atoms with E-state index in [9.17, 15) is 9.59 Å². The third kappa shape index (κ3) is 3.85. The van der Waals surface area contributed by atoms with Crippen molar-refractivity contribution < 1.29 is 9.59 Å². The number of rotatable bonds is 5. The molecule has 0 saturated heterocycles. The predicted octanol–water partition coefficient (Wildman–Crippen LogP) is 2.82. The van der Waals surface area contributed by atoms with Gasteiger partial charge >= 0.3 is 0 Å². The Bertz CT molecular complexity index is 593. The highest BCUT2D eigenvalue weighted by atomic mass is 16.2. The van der Waals surface area contributed by atoms with Gasteiger partial charge in [-0.1, -0.05) is 36.4 Å². The fraction of sp³-hybridized carbons (Fsp3) is 0.333. The Kier molecular flexibility index (Phi) is 5.53. The van der Waals surface area contributed by atoms with Crippen LogP contribution in [0.25, 0.3) is 0 Å². The molecular weight excluding hydrogens is 276 g/mol. The van der Waals surface area contributed by atoms with Crippen LogP contribution in [0.4, 0.5) is 5.69 Å². The van der Waals surface area contributed by atoms with Crippen LogP contribution in [0, 0.1) is 18.8 Å². The van der Waals surface area contributed by atoms with Gasteiger partial charge in [0.05, 0.1) is 11.8 Å². The van der Waals surface area contributed by atoms with Crippen LogP contribution in [-0.4, -0.2) is 18.4 Å². The number of hydrogen-bond acceptors (Lipinski definition) is 2. The van der Waals surface area contributed by atoms with E-state index in [2.05, 4.69) is 17.2 Å². The molecule has 4 heteroatoms. The zero-order valence-corrected chi connectivity index (χ0v) is 12.8. The Hall–Kier alpha value is -2.36. The van der Waals surface area contributed by atoms with Crippen LogP contribution in [0.1, 0.15) is 18.4 Å². The molecule has 2 amide bonds. The minimum atomic E-state index is -0.338. The van der Waals surface area contributed by atoms with E-state index in [1.54, 1.807) is 6.08 Å². The van der Waals surface area contributed by atoms with Crippen molar-refractivity contribution in [1.29, 1.82) is 0 Å². The van der Waals surface area contributed by atoms with E-state index in [1.165, 1.54) is 0 Å². The van der Waals surface area contributed by atoms with E-state index >= 15 is 0 Å². The molecule has 0 fully saturated rings. The Labute approximate surface area is 131 Å². The maximum atomic E-state index is 12.6. The summed E-state index contributed by atoms with van der Waals surface area (Å²) in [5.74, 6) is -0.852. The van der Waals surface area contributed by atoms with E-state index in [1.807, 2.05) is 43.3 Å². The maximum absolute atomic E-state index is 12.6. The largest absolute Gasteiger partial charge is 0.352 e. The molecule has 0 radical (unpaired) electrons. The quantitative estimate of drug-likeness (QED) is 0.821. The highest BCUT2D eigenvalue weighted by Gasteiger charge is 2.33. The topological polar surface area (TPSA) is 58.2 Å². The first-order valence-electron chi connectivity index (χ1n) is 7.53. The van der Waals surface area contributed by atoms with Gasteiger partial charge in [0, 0.05) is 12.2 Å². The van der Waals surface area contributed by atoms with E-state index in [4.69, 9.17) is 0 Å². The first-order chi connectivity index (χ1) is 10.6. The van der Waals surface area contributed by atoms with Crippen molar-refractivity contribution in [3.05, 3.63) is 54.6 Å². The number of anilines is 1. The Morgan fingerprint density at radius 1 is 1.18 bits per heavy atom. The van der Waals surface area contributed by atoms with Crippen molar-refractivity contribution in [2.24, 2.45) is 11.8 Å². The number of carbonyl (C=O) groups excluding carboxylic acids is 2. The summed E-state index contributed by atoms with van der Waals surface area (Å²) in [6.45, 7) is 5.96. The van der Waals surface area contributed by atoms with Crippen LogP contribution in [0.3, 0.4) is 0 Å². The van der Waals surface area contributed by atoms with Crippen LogP contribution >= 0.6 is 0 Å². The standard InChI is InChI=1S/C18H22N2O2/c1-3-12-19-17(21)14-9-5-6-10-15(14)18(22)20-16-11-7-4-8-13(16)2/h3-8,11,14-15H,1,9-10,12H2,2H3,(H,19,21)(H,20,22). The molecule has 116 valence electrons. The summed E-state index contributed by atoms with van der Waals surface area (Å²) in [6.07, 6.45) is 6.76. The molecule has 2 rings (SSSR count). The first kappa shape index (κ1) is 16.0. The van der Waals surface area contributed by atoms with E-state index in [0.717, 1.165) is 11.3 Å². The highest BCUT2D eigenvalue weighted by molar-refractivity contribution is 5.96. The Morgan fingerprint density at radius 3 is 2.45 bits per heavy atom. The Morgan fingerprint density at radius 2 is 1.82 bits per heavy atom. The van der Waals surface area contributed by atoms with Gasteiger partial charge in [-0.25, -0.2) is 0 Å². The predicted molar refractivity (Wildman–Crippen MR) is 88.4 cm³/mol. The molecule has 0 aromatic heterocycles. The average molecular weight is 298 g/mol. The van der Waals surface area contributed by atoms with Crippen LogP contribution in [0.15, 0.2) is 49.1 Å². The van der Waals surface area contributed by atoms with Gasteiger partial charge in [-0.05, 0) is 31.4 Å². The summed E-state index contributed by atoms with van der Waals surface area (Å²) in [5.41, 5.74) is 1.81. The lowest BCUT2D eigenvalue weighted by atomic mass is 9.81. The van der Waals surface area contributed by atoms with Gasteiger partial charge < -0.3 is 10.6 Å². The summed E-state index contributed by atoms with van der Waals surface area (Å²) < 4.78 is 0. The second-order valence-corrected chi connectivity index (χ2v) is 5.49. The third-order valence-electron chi connectivity index (χ3n) is 3.93. The van der Waals surface area contributed by atoms with Crippen molar-refractivity contribution in [2.45, 2.75) is 19.8 Å². The summed E-state index contributed by atoms with van der Waals surface area (Å²) in [5, 5.41) is 5.74. The molecule has 0 heterocycles. The van der Waals surface area contributed by atoms with Gasteiger partial charge in [0.15, 0.2) is 0 Å². The molecule has 0 saturated carbocycles. The van der Waals surface area contributed by atoms with Gasteiger partial charge in [-0.15, -0.1) is 6.58 Å². The molecule has 2 atom stereocenters. The van der Waals surface area contributed by atoms with Gasteiger partial charge in [-0.3, -0.25) is 9.59 Å². The third-order valence-corrected chi connectivity index (χ3v) is 3.93. The van der Waals surface area contributed by atoms with E-state index in [0.29, 0.717) is 19.4 Å². The molecule has 1 aliphatic rings. The number of para-hydroxylation sites is 1. The van der Waals surface area contributed by atoms with Crippen molar-refractivity contribution in [3.8, 4) is 0 Å². The summed E-state index contributed by atoms with van der Waals surface area (Å²) in [6, 6.07) is 7.64. The zero-order valence-electron chi connectivity index (χ0n) is 12.8. The normalized spacial score (nSPS) is 20.2. The molecule has 1 aromatic rings. The number of hydrogen-bond donors (Lipinski definition) is 2. The second kappa shape index (κ2) is 7.59. The smallest absolute Gasteiger partial charge is 0.228 e. The molecule has 0 aliphatic heterocycles. The summed E-state index contributed by atoms with van der Waals surface area (Å²) in [7, 11) is 0. The lowest BCUT2D eigenvalue weighted by Gasteiger charge is -2.26. The fourth-order valence-electron chi connectivity index (χ4n) is 2.64. The fourth-order valence-corrected chi connectivity index (χ4v) is 2.64. The lowest BCUT2D eigenvalue weighted by molar-refractivity contribution is -0.132. The lowest BCUT2D eigenvalue weighted by Crippen LogP contribution is -2.40. The van der Waals surface area contributed by atoms with Crippen molar-refractivity contribution in [3.63, 3.8) is 0 Å². The van der Waals surface area contributed by atoms with E-state index < -0.39 is 0 Å². The maximum Gasteiger partial charge on any atom is 0.228 e. The monoisotopic (exact) mass is 298 g/mol. The molecule has 0 bridgehead atoms.